The highest BCUT2D eigenvalue weighted by atomic mass is 32.1. The van der Waals surface area contributed by atoms with Crippen LogP contribution in [-0.2, 0) is 4.79 Å². The molecule has 0 saturated heterocycles. The second-order valence-electron chi connectivity index (χ2n) is 2.47. The third kappa shape index (κ3) is 3.01. The van der Waals surface area contributed by atoms with E-state index in [0.29, 0.717) is 5.75 Å². The molecule has 0 amide bonds. The molecule has 0 spiro atoms. The summed E-state index contributed by atoms with van der Waals surface area (Å²) >= 11 is 4.41. The van der Waals surface area contributed by atoms with E-state index in [4.69, 9.17) is 9.84 Å². The van der Waals surface area contributed by atoms with Gasteiger partial charge >= 0.3 is 5.97 Å². The van der Waals surface area contributed by atoms with Crippen LogP contribution in [0.25, 0.3) is 0 Å². The van der Waals surface area contributed by atoms with Crippen molar-refractivity contribution in [1.82, 2.24) is 0 Å². The van der Waals surface area contributed by atoms with Crippen molar-refractivity contribution in [2.75, 3.05) is 0 Å². The number of carboxylic acid groups (broad SMARTS) is 1. The van der Waals surface area contributed by atoms with E-state index in [2.05, 4.69) is 17.2 Å². The summed E-state index contributed by atoms with van der Waals surface area (Å²) in [5.74, 6) is -0.604. The number of carbonyl (C=O) groups is 1. The minimum Gasteiger partial charge on any atom is -0.478 e. The summed E-state index contributed by atoms with van der Waals surface area (Å²) in [6.45, 7) is 0. The Bertz CT molecular complexity index is 353. The summed E-state index contributed by atoms with van der Waals surface area (Å²) in [4.78, 5) is 10.7. The molecule has 1 unspecified atom stereocenters. The van der Waals surface area contributed by atoms with Crippen molar-refractivity contribution >= 4 is 23.2 Å². The van der Waals surface area contributed by atoms with Gasteiger partial charge in [0, 0.05) is 6.08 Å². The molecule has 1 N–H and O–H groups in total. The van der Waals surface area contributed by atoms with Crippen LogP contribution in [0.1, 0.15) is 0 Å². The highest BCUT2D eigenvalue weighted by molar-refractivity contribution is 7.78. The van der Waals surface area contributed by atoms with E-state index in [1.807, 2.05) is 6.07 Å². The van der Waals surface area contributed by atoms with E-state index in [-0.39, 0.29) is 0 Å². The van der Waals surface area contributed by atoms with Crippen molar-refractivity contribution in [3.8, 4) is 5.75 Å². The average Bonchev–Trinajstić information content (AvgIpc) is 2.18. The maximum atomic E-state index is 10.7. The summed E-state index contributed by atoms with van der Waals surface area (Å²) in [7, 11) is 0. The number of aliphatic carboxylic acids is 1. The number of ether oxygens (including phenoxy) is 1. The first kappa shape index (κ1) is 10.4. The summed E-state index contributed by atoms with van der Waals surface area (Å²) < 4.78 is 5.13. The first-order chi connectivity index (χ1) is 6.74. The zero-order valence-electron chi connectivity index (χ0n) is 7.21. The maximum Gasteiger partial charge on any atom is 0.349 e. The van der Waals surface area contributed by atoms with Gasteiger partial charge < -0.3 is 9.84 Å². The molecule has 0 bridgehead atoms. The molecule has 1 rings (SSSR count). The molecule has 1 aromatic rings. The Balaban J connectivity index is 2.75. The van der Waals surface area contributed by atoms with Crippen LogP contribution in [0.2, 0.25) is 0 Å². The smallest absolute Gasteiger partial charge is 0.349 e. The maximum absolute atomic E-state index is 10.7. The molecule has 0 radical (unpaired) electrons. The van der Waals surface area contributed by atoms with E-state index >= 15 is 0 Å². The fourth-order valence-corrected chi connectivity index (χ4v) is 0.987. The molecular weight excluding hydrogens is 200 g/mol. The van der Waals surface area contributed by atoms with Crippen LogP contribution in [-0.4, -0.2) is 22.2 Å². The molecule has 0 aliphatic heterocycles. The van der Waals surface area contributed by atoms with Gasteiger partial charge in [-0.1, -0.05) is 18.2 Å². The summed E-state index contributed by atoms with van der Waals surface area (Å²) in [6.07, 6.45) is 0.111. The third-order valence-corrected chi connectivity index (χ3v) is 1.61. The van der Waals surface area contributed by atoms with Crippen molar-refractivity contribution in [2.45, 2.75) is 6.10 Å². The van der Waals surface area contributed by atoms with Gasteiger partial charge in [-0.25, -0.2) is 4.79 Å². The van der Waals surface area contributed by atoms with Gasteiger partial charge in [-0.3, -0.25) is 0 Å². The molecule has 0 aliphatic carbocycles. The Morgan fingerprint density at radius 1 is 1.50 bits per heavy atom. The minimum atomic E-state index is -1.09. The molecule has 1 aromatic carbocycles. The number of thiocarbonyl (C=S) groups is 1. The van der Waals surface area contributed by atoms with Gasteiger partial charge in [0.15, 0.2) is 0 Å². The van der Waals surface area contributed by atoms with Crippen LogP contribution in [0.15, 0.2) is 36.4 Å². The first-order valence-electron chi connectivity index (χ1n) is 3.89. The highest BCUT2D eigenvalue weighted by Gasteiger charge is 2.15. The lowest BCUT2D eigenvalue weighted by Gasteiger charge is -2.09. The Morgan fingerprint density at radius 3 is 2.64 bits per heavy atom. The van der Waals surface area contributed by atoms with Crippen molar-refractivity contribution in [3.05, 3.63) is 36.4 Å². The standard InChI is InChI=1S/C10H8O3S/c11-10(12)9(6-7-14)13-8-4-2-1-3-5-8/h1-6,9H,(H,11,12). The lowest BCUT2D eigenvalue weighted by molar-refractivity contribution is -0.142. The van der Waals surface area contributed by atoms with Crippen molar-refractivity contribution in [3.63, 3.8) is 0 Å². The summed E-state index contributed by atoms with van der Waals surface area (Å²) in [5.41, 5.74) is 0. The van der Waals surface area contributed by atoms with E-state index in [1.54, 1.807) is 24.3 Å². The fraction of sp³-hybridized carbons (Fsp3) is 0.100. The van der Waals surface area contributed by atoms with E-state index in [9.17, 15) is 4.79 Å². The van der Waals surface area contributed by atoms with Crippen LogP contribution in [0, 0.1) is 0 Å². The molecule has 1 atom stereocenters. The highest BCUT2D eigenvalue weighted by Crippen LogP contribution is 2.11. The van der Waals surface area contributed by atoms with E-state index in [0.717, 1.165) is 0 Å². The Hall–Kier alpha value is -1.64. The summed E-state index contributed by atoms with van der Waals surface area (Å²) in [6, 6.07) is 8.68. The Morgan fingerprint density at radius 2 is 2.14 bits per heavy atom. The molecule has 0 aromatic heterocycles. The number of para-hydroxylation sites is 1. The predicted octanol–water partition coefficient (Wildman–Crippen LogP) is 1.67. The molecule has 0 saturated carbocycles. The number of rotatable bonds is 4. The SMILES string of the molecule is O=C(O)C(C=C=S)Oc1ccccc1. The minimum absolute atomic E-state index is 0.487. The zero-order chi connectivity index (χ0) is 10.4. The van der Waals surface area contributed by atoms with Gasteiger partial charge in [0.2, 0.25) is 6.10 Å². The van der Waals surface area contributed by atoms with Gasteiger partial charge in [-0.05, 0) is 29.4 Å². The van der Waals surface area contributed by atoms with Gasteiger partial charge in [-0.2, -0.15) is 0 Å². The van der Waals surface area contributed by atoms with Crippen molar-refractivity contribution < 1.29 is 14.6 Å². The molecule has 0 fully saturated rings. The van der Waals surface area contributed by atoms with Crippen LogP contribution >= 0.6 is 12.2 Å². The zero-order valence-corrected chi connectivity index (χ0v) is 8.03. The van der Waals surface area contributed by atoms with Crippen LogP contribution in [0.4, 0.5) is 0 Å². The third-order valence-electron chi connectivity index (χ3n) is 1.47. The van der Waals surface area contributed by atoms with Crippen LogP contribution in [0.3, 0.4) is 0 Å². The normalized spacial score (nSPS) is 11.1. The lowest BCUT2D eigenvalue weighted by Crippen LogP contribution is -2.24. The fourth-order valence-electron chi connectivity index (χ4n) is 0.863. The van der Waals surface area contributed by atoms with Crippen LogP contribution < -0.4 is 4.74 Å². The lowest BCUT2D eigenvalue weighted by atomic mass is 10.3. The molecule has 3 nitrogen and oxygen atoms in total. The second kappa shape index (κ2) is 5.17. The largest absolute Gasteiger partial charge is 0.478 e. The van der Waals surface area contributed by atoms with Gasteiger partial charge in [0.25, 0.3) is 0 Å². The topological polar surface area (TPSA) is 46.5 Å². The van der Waals surface area contributed by atoms with E-state index in [1.165, 1.54) is 6.08 Å². The molecule has 14 heavy (non-hydrogen) atoms. The Labute approximate surface area is 86.6 Å². The number of benzene rings is 1. The number of hydrogen-bond donors (Lipinski definition) is 1. The predicted molar refractivity (Wildman–Crippen MR) is 55.7 cm³/mol. The molecule has 0 aliphatic rings. The number of hydrogen-bond acceptors (Lipinski definition) is 3. The first-order valence-corrected chi connectivity index (χ1v) is 4.30. The van der Waals surface area contributed by atoms with Crippen molar-refractivity contribution in [2.24, 2.45) is 0 Å². The average molecular weight is 208 g/mol. The van der Waals surface area contributed by atoms with Crippen molar-refractivity contribution in [1.29, 1.82) is 0 Å². The molecular formula is C10H8O3S. The summed E-state index contributed by atoms with van der Waals surface area (Å²) in [5, 5.41) is 10.9. The molecule has 4 heteroatoms. The number of carboxylic acids is 1. The van der Waals surface area contributed by atoms with E-state index < -0.39 is 12.1 Å². The Kier molecular flexibility index (Phi) is 3.85. The van der Waals surface area contributed by atoms with Gasteiger partial charge in [0.05, 0.1) is 0 Å². The van der Waals surface area contributed by atoms with Gasteiger partial charge in [0.1, 0.15) is 5.75 Å². The van der Waals surface area contributed by atoms with Crippen LogP contribution in [0.5, 0.6) is 5.75 Å². The molecule has 72 valence electrons. The monoisotopic (exact) mass is 208 g/mol. The van der Waals surface area contributed by atoms with Gasteiger partial charge in [-0.15, -0.1) is 0 Å². The quantitative estimate of drug-likeness (QED) is 0.764. The second-order valence-corrected chi connectivity index (χ2v) is 2.71. The molecule has 0 heterocycles.